The molecule has 0 aliphatic carbocycles. The van der Waals surface area contributed by atoms with E-state index >= 15 is 0 Å². The van der Waals surface area contributed by atoms with Gasteiger partial charge in [0, 0.05) is 31.0 Å². The lowest BCUT2D eigenvalue weighted by atomic mass is 10.0. The van der Waals surface area contributed by atoms with E-state index in [0.29, 0.717) is 16.3 Å². The quantitative estimate of drug-likeness (QED) is 0.796. The molecule has 7 nitrogen and oxygen atoms in total. The summed E-state index contributed by atoms with van der Waals surface area (Å²) >= 11 is 0. The molecule has 1 aromatic heterocycles. The van der Waals surface area contributed by atoms with E-state index in [4.69, 9.17) is 4.74 Å². The summed E-state index contributed by atoms with van der Waals surface area (Å²) in [4.78, 5) is 19.1. The summed E-state index contributed by atoms with van der Waals surface area (Å²) in [6.45, 7) is 3.22. The Morgan fingerprint density at radius 2 is 1.89 bits per heavy atom. The van der Waals surface area contributed by atoms with Gasteiger partial charge in [-0.15, -0.1) is 0 Å². The Bertz CT molecular complexity index is 921. The largest absolute Gasteiger partial charge is 0.480 e. The normalized spacial score (nSPS) is 15.3. The Kier molecular flexibility index (Phi) is 6.18. The van der Waals surface area contributed by atoms with E-state index in [1.54, 1.807) is 37.4 Å². The molecule has 1 saturated heterocycles. The Hall–Kier alpha value is -2.61. The molecule has 0 spiro atoms. The summed E-state index contributed by atoms with van der Waals surface area (Å²) < 4.78 is 29.0. The molecule has 0 unspecified atom stereocenters. The van der Waals surface area contributed by atoms with Gasteiger partial charge in [-0.1, -0.05) is 6.92 Å². The molecular weight excluding hydrogens is 378 g/mol. The van der Waals surface area contributed by atoms with Crippen molar-refractivity contribution in [2.24, 2.45) is 0 Å². The van der Waals surface area contributed by atoms with Gasteiger partial charge in [-0.05, 0) is 49.2 Å². The van der Waals surface area contributed by atoms with E-state index in [1.807, 2.05) is 12.1 Å². The molecule has 1 aromatic carbocycles. The van der Waals surface area contributed by atoms with Crippen LogP contribution in [-0.4, -0.2) is 51.3 Å². The van der Waals surface area contributed by atoms with Gasteiger partial charge in [0.25, 0.3) is 5.91 Å². The average Bonchev–Trinajstić information content (AvgIpc) is 2.74. The number of methoxy groups -OCH3 is 1. The summed E-state index contributed by atoms with van der Waals surface area (Å²) in [5.41, 5.74) is 1.42. The Morgan fingerprint density at radius 1 is 1.21 bits per heavy atom. The maximum Gasteiger partial charge on any atom is 0.256 e. The number of carbonyl (C=O) groups excluding carboxylic acids is 1. The van der Waals surface area contributed by atoms with E-state index in [1.165, 1.54) is 7.11 Å². The highest BCUT2D eigenvalue weighted by Gasteiger charge is 2.23. The summed E-state index contributed by atoms with van der Waals surface area (Å²) in [5.74, 6) is 0.233. The van der Waals surface area contributed by atoms with Crippen molar-refractivity contribution in [3.05, 3.63) is 48.2 Å². The number of carbonyl (C=O) groups is 1. The highest BCUT2D eigenvalue weighted by Crippen LogP contribution is 2.23. The number of ether oxygens (including phenoxy) is 1. The van der Waals surface area contributed by atoms with Gasteiger partial charge in [-0.25, -0.2) is 13.4 Å². The minimum Gasteiger partial charge on any atom is -0.480 e. The molecule has 1 amide bonds. The van der Waals surface area contributed by atoms with Crippen LogP contribution in [0.2, 0.25) is 0 Å². The Balaban J connectivity index is 1.58. The van der Waals surface area contributed by atoms with Gasteiger partial charge in [-0.2, -0.15) is 0 Å². The SMILES string of the molecule is CCS(=O)(=O)c1ccc(N2CCC(NC(=O)c3cccnc3OC)CC2)cc1. The number of piperidine rings is 1. The zero-order chi connectivity index (χ0) is 20.1. The Labute approximate surface area is 165 Å². The van der Waals surface area contributed by atoms with Gasteiger partial charge in [0.15, 0.2) is 9.84 Å². The van der Waals surface area contributed by atoms with Crippen molar-refractivity contribution in [2.75, 3.05) is 30.9 Å². The van der Waals surface area contributed by atoms with Crippen molar-refractivity contribution in [3.63, 3.8) is 0 Å². The van der Waals surface area contributed by atoms with Crippen LogP contribution in [0.15, 0.2) is 47.5 Å². The van der Waals surface area contributed by atoms with Gasteiger partial charge in [-0.3, -0.25) is 4.79 Å². The predicted molar refractivity (Wildman–Crippen MR) is 108 cm³/mol. The smallest absolute Gasteiger partial charge is 0.256 e. The molecule has 1 N–H and O–H groups in total. The van der Waals surface area contributed by atoms with Crippen LogP contribution in [0.3, 0.4) is 0 Å². The summed E-state index contributed by atoms with van der Waals surface area (Å²) in [6.07, 6.45) is 3.21. The van der Waals surface area contributed by atoms with Crippen LogP contribution in [0.1, 0.15) is 30.1 Å². The lowest BCUT2D eigenvalue weighted by molar-refractivity contribution is 0.0927. The van der Waals surface area contributed by atoms with Crippen LogP contribution in [-0.2, 0) is 9.84 Å². The van der Waals surface area contributed by atoms with Crippen LogP contribution in [0.25, 0.3) is 0 Å². The first-order valence-electron chi connectivity index (χ1n) is 9.32. The molecule has 1 fully saturated rings. The number of sulfone groups is 1. The molecule has 28 heavy (non-hydrogen) atoms. The molecule has 0 radical (unpaired) electrons. The third kappa shape index (κ3) is 4.44. The van der Waals surface area contributed by atoms with Gasteiger partial charge in [0.1, 0.15) is 5.56 Å². The minimum absolute atomic E-state index is 0.0772. The van der Waals surface area contributed by atoms with Gasteiger partial charge < -0.3 is 15.0 Å². The summed E-state index contributed by atoms with van der Waals surface area (Å²) in [5, 5.41) is 3.05. The van der Waals surface area contributed by atoms with Gasteiger partial charge in [0.05, 0.1) is 17.8 Å². The molecular formula is C20H25N3O4S. The zero-order valence-corrected chi connectivity index (χ0v) is 16.9. The van der Waals surface area contributed by atoms with E-state index in [2.05, 4.69) is 15.2 Å². The zero-order valence-electron chi connectivity index (χ0n) is 16.1. The second kappa shape index (κ2) is 8.60. The molecule has 0 saturated carbocycles. The Morgan fingerprint density at radius 3 is 2.50 bits per heavy atom. The van der Waals surface area contributed by atoms with Crippen LogP contribution in [0.4, 0.5) is 5.69 Å². The summed E-state index contributed by atoms with van der Waals surface area (Å²) in [7, 11) is -1.69. The number of amides is 1. The molecule has 150 valence electrons. The number of nitrogens with zero attached hydrogens (tertiary/aromatic N) is 2. The highest BCUT2D eigenvalue weighted by molar-refractivity contribution is 7.91. The fourth-order valence-corrected chi connectivity index (χ4v) is 4.19. The third-order valence-corrected chi connectivity index (χ3v) is 6.73. The lowest BCUT2D eigenvalue weighted by Gasteiger charge is -2.34. The van der Waals surface area contributed by atoms with Crippen molar-refractivity contribution in [1.82, 2.24) is 10.3 Å². The number of benzene rings is 1. The highest BCUT2D eigenvalue weighted by atomic mass is 32.2. The van der Waals surface area contributed by atoms with Gasteiger partial charge >= 0.3 is 0 Å². The number of nitrogens with one attached hydrogen (secondary N) is 1. The molecule has 1 aliphatic rings. The number of hydrogen-bond donors (Lipinski definition) is 1. The van der Waals surface area contributed by atoms with E-state index in [9.17, 15) is 13.2 Å². The fraction of sp³-hybridized carbons (Fsp3) is 0.400. The second-order valence-corrected chi connectivity index (χ2v) is 8.97. The first kappa shape index (κ1) is 20.1. The topological polar surface area (TPSA) is 88.6 Å². The second-order valence-electron chi connectivity index (χ2n) is 6.69. The van der Waals surface area contributed by atoms with Crippen LogP contribution in [0.5, 0.6) is 5.88 Å². The first-order chi connectivity index (χ1) is 13.4. The number of rotatable bonds is 6. The lowest BCUT2D eigenvalue weighted by Crippen LogP contribution is -2.44. The van der Waals surface area contributed by atoms with E-state index in [-0.39, 0.29) is 17.7 Å². The molecule has 8 heteroatoms. The third-order valence-electron chi connectivity index (χ3n) is 4.98. The minimum atomic E-state index is -3.18. The number of aromatic nitrogens is 1. The molecule has 3 rings (SSSR count). The molecule has 0 atom stereocenters. The van der Waals surface area contributed by atoms with Crippen molar-refractivity contribution in [3.8, 4) is 5.88 Å². The van der Waals surface area contributed by atoms with Crippen molar-refractivity contribution in [2.45, 2.75) is 30.7 Å². The number of pyridine rings is 1. The molecule has 2 aromatic rings. The van der Waals surface area contributed by atoms with Crippen LogP contribution in [0, 0.1) is 0 Å². The predicted octanol–water partition coefficient (Wildman–Crippen LogP) is 2.28. The standard InChI is InChI=1S/C20H25N3O4S/c1-3-28(25,26)17-8-6-16(7-9-17)23-13-10-15(11-14-23)22-19(24)18-5-4-12-21-20(18)27-2/h4-9,12,15H,3,10-11,13-14H2,1-2H3,(H,22,24). The molecule has 0 bridgehead atoms. The fourth-order valence-electron chi connectivity index (χ4n) is 3.30. The van der Waals surface area contributed by atoms with Gasteiger partial charge in [0.2, 0.25) is 5.88 Å². The first-order valence-corrected chi connectivity index (χ1v) is 11.0. The van der Waals surface area contributed by atoms with Crippen molar-refractivity contribution < 1.29 is 17.9 Å². The van der Waals surface area contributed by atoms with Crippen molar-refractivity contribution >= 4 is 21.4 Å². The summed E-state index contributed by atoms with van der Waals surface area (Å²) in [6, 6.07) is 10.5. The maximum atomic E-state index is 12.5. The van der Waals surface area contributed by atoms with Crippen molar-refractivity contribution in [1.29, 1.82) is 0 Å². The number of anilines is 1. The molecule has 2 heterocycles. The van der Waals surface area contributed by atoms with E-state index in [0.717, 1.165) is 31.6 Å². The van der Waals surface area contributed by atoms with E-state index < -0.39 is 9.84 Å². The average molecular weight is 404 g/mol. The van der Waals surface area contributed by atoms with Crippen LogP contribution >= 0.6 is 0 Å². The maximum absolute atomic E-state index is 12.5. The number of hydrogen-bond acceptors (Lipinski definition) is 6. The monoisotopic (exact) mass is 403 g/mol. The molecule has 1 aliphatic heterocycles. The van der Waals surface area contributed by atoms with Crippen LogP contribution < -0.4 is 15.0 Å².